The van der Waals surface area contributed by atoms with E-state index in [0.717, 1.165) is 18.3 Å². The maximum Gasteiger partial charge on any atom is 0.245 e. The first-order valence-corrected chi connectivity index (χ1v) is 20.7. The first-order valence-electron chi connectivity index (χ1n) is 20.7. The molecule has 1 saturated heterocycles. The smallest absolute Gasteiger partial charge is 0.245 e. The summed E-state index contributed by atoms with van der Waals surface area (Å²) in [6, 6.07) is 7.32. The molecule has 2 rings (SSSR count). The molecule has 324 valence electrons. The van der Waals surface area contributed by atoms with Crippen LogP contribution in [0, 0.1) is 23.7 Å². The Morgan fingerprint density at radius 2 is 1.63 bits per heavy atom. The van der Waals surface area contributed by atoms with Gasteiger partial charge in [-0.2, -0.15) is 0 Å². The summed E-state index contributed by atoms with van der Waals surface area (Å²) >= 11 is 0. The van der Waals surface area contributed by atoms with Crippen LogP contribution in [0.15, 0.2) is 30.3 Å². The van der Waals surface area contributed by atoms with Crippen LogP contribution in [0.5, 0.6) is 0 Å². The number of hydrogen-bond donors (Lipinski definition) is 4. The largest absolute Gasteiger partial charge is 0.395 e. The lowest BCUT2D eigenvalue weighted by Gasteiger charge is -2.41. The third-order valence-electron chi connectivity index (χ3n) is 11.6. The lowest BCUT2D eigenvalue weighted by atomic mass is 9.88. The highest BCUT2D eigenvalue weighted by molar-refractivity contribution is 5.90. The number of carbonyl (C=O) groups excluding carboxylic acids is 5. The Morgan fingerprint density at radius 1 is 0.982 bits per heavy atom. The minimum atomic E-state index is -1.29. The fourth-order valence-corrected chi connectivity index (χ4v) is 8.38. The fourth-order valence-electron chi connectivity index (χ4n) is 8.38. The van der Waals surface area contributed by atoms with Crippen LogP contribution >= 0.6 is 0 Å². The van der Waals surface area contributed by atoms with E-state index in [-0.39, 0.29) is 73.9 Å². The Kier molecular flexibility index (Phi) is 20.8. The number of amides is 4. The Hall–Kier alpha value is -3.43. The number of hydrogen-bond acceptors (Lipinski definition) is 10. The second-order valence-corrected chi connectivity index (χ2v) is 16.8. The van der Waals surface area contributed by atoms with Crippen molar-refractivity contribution in [2.75, 3.05) is 61.6 Å². The Labute approximate surface area is 342 Å². The lowest BCUT2D eigenvalue weighted by Crippen LogP contribution is -2.61. The van der Waals surface area contributed by atoms with E-state index in [2.05, 4.69) is 16.0 Å². The summed E-state index contributed by atoms with van der Waals surface area (Å²) < 4.78 is 12.0. The number of aliphatic hydroxyl groups excluding tert-OH is 1. The van der Waals surface area contributed by atoms with Gasteiger partial charge in [-0.25, -0.2) is 0 Å². The molecule has 4 amide bonds. The van der Waals surface area contributed by atoms with E-state index < -0.39 is 47.8 Å². The number of carbonyl (C=O) groups is 5. The van der Waals surface area contributed by atoms with Crippen molar-refractivity contribution in [2.45, 2.75) is 122 Å². The normalized spacial score (nSPS) is 19.3. The van der Waals surface area contributed by atoms with Crippen molar-refractivity contribution >= 4 is 29.9 Å². The minimum absolute atomic E-state index is 0.00670. The third-order valence-corrected chi connectivity index (χ3v) is 11.6. The summed E-state index contributed by atoms with van der Waals surface area (Å²) in [5.41, 5.74) is -0.422. The molecule has 1 aliphatic heterocycles. The molecule has 1 aromatic carbocycles. The van der Waals surface area contributed by atoms with Gasteiger partial charge in [-0.1, -0.05) is 85.2 Å². The summed E-state index contributed by atoms with van der Waals surface area (Å²) in [5, 5.41) is 18.5. The molecule has 14 heteroatoms. The first-order chi connectivity index (χ1) is 26.9. The predicted molar refractivity (Wildman–Crippen MR) is 222 cm³/mol. The van der Waals surface area contributed by atoms with E-state index in [1.165, 1.54) is 7.11 Å². The maximum atomic E-state index is 14.3. The second kappa shape index (κ2) is 23.8. The molecule has 1 fully saturated rings. The van der Waals surface area contributed by atoms with Crippen molar-refractivity contribution in [1.82, 2.24) is 30.7 Å². The molecule has 9 atom stereocenters. The Bertz CT molecular complexity index is 1400. The van der Waals surface area contributed by atoms with Crippen LogP contribution in [-0.4, -0.2) is 153 Å². The van der Waals surface area contributed by atoms with Crippen LogP contribution in [0.25, 0.3) is 0 Å². The topological polar surface area (TPSA) is 170 Å². The van der Waals surface area contributed by atoms with Crippen molar-refractivity contribution < 1.29 is 38.6 Å². The molecule has 0 radical (unpaired) electrons. The molecule has 1 heterocycles. The average molecular weight is 803 g/mol. The number of ether oxygens (including phenoxy) is 2. The fraction of sp³-hybridized carbons (Fsp3) is 0.744. The van der Waals surface area contributed by atoms with Crippen molar-refractivity contribution in [1.29, 1.82) is 0 Å². The van der Waals surface area contributed by atoms with Crippen molar-refractivity contribution in [3.05, 3.63) is 35.9 Å². The molecule has 4 N–H and O–H groups in total. The van der Waals surface area contributed by atoms with E-state index in [0.29, 0.717) is 19.4 Å². The number of nitrogens with one attached hydrogen (secondary N) is 3. The maximum absolute atomic E-state index is 14.3. The molecule has 0 aromatic heterocycles. The van der Waals surface area contributed by atoms with Gasteiger partial charge in [-0.3, -0.25) is 24.1 Å². The zero-order valence-corrected chi connectivity index (χ0v) is 36.7. The quantitative estimate of drug-likeness (QED) is 0.0852. The summed E-state index contributed by atoms with van der Waals surface area (Å²) in [6.07, 6.45) is 1.70. The molecule has 0 aliphatic carbocycles. The minimum Gasteiger partial charge on any atom is -0.395 e. The number of aliphatic hydroxyl groups is 1. The van der Waals surface area contributed by atoms with Gasteiger partial charge in [-0.05, 0) is 50.3 Å². The van der Waals surface area contributed by atoms with Crippen LogP contribution in [0.4, 0.5) is 0 Å². The molecule has 0 saturated carbocycles. The van der Waals surface area contributed by atoms with E-state index >= 15 is 0 Å². The monoisotopic (exact) mass is 803 g/mol. The summed E-state index contributed by atoms with van der Waals surface area (Å²) in [4.78, 5) is 74.0. The third kappa shape index (κ3) is 13.6. The van der Waals surface area contributed by atoms with Crippen LogP contribution in [0.1, 0.15) is 79.7 Å². The molecule has 1 aromatic rings. The highest BCUT2D eigenvalue weighted by Gasteiger charge is 2.44. The molecule has 14 nitrogen and oxygen atoms in total. The SMILES string of the molecule is CC[C@H](C)C(C(CC(=O)N1CCC[C@H]1[C@H](OC)[C@@H](C)C(=O)N[C@@](C=O)(CNCCO)Cc1ccccc1)OC)N(C)C(=O)[C@@H](NC(=O)[C@H](C(C)C)N(C)C)C(C)C. The second-order valence-electron chi connectivity index (χ2n) is 16.8. The van der Waals surface area contributed by atoms with Crippen LogP contribution < -0.4 is 16.0 Å². The molecule has 0 bridgehead atoms. The number of benzene rings is 1. The van der Waals surface area contributed by atoms with Gasteiger partial charge in [0.05, 0.1) is 49.3 Å². The molecular weight excluding hydrogens is 729 g/mol. The van der Waals surface area contributed by atoms with Gasteiger partial charge in [0.1, 0.15) is 17.9 Å². The van der Waals surface area contributed by atoms with Gasteiger partial charge in [0.25, 0.3) is 0 Å². The van der Waals surface area contributed by atoms with Gasteiger partial charge < -0.3 is 45.1 Å². The van der Waals surface area contributed by atoms with Gasteiger partial charge in [0, 0.05) is 47.3 Å². The standard InChI is InChI=1S/C43H74N6O8/c1-13-30(6)38(48(10)42(55)36(28(2)3)45-41(54)37(29(4)5)47(8)9)34(56-11)24-35(52)49-22-17-20-33(49)39(57-12)31(7)40(53)46-43(27-51,26-44-21-23-50)25-32-18-15-14-16-19-32/h14-16,18-19,27-31,33-34,36-39,44,50H,13,17,20-26H2,1-12H3,(H,45,54)(H,46,53)/t30-,31+,33-,34?,36-,37-,38?,39+,43+/m0/s1. The number of rotatable bonds is 25. The lowest BCUT2D eigenvalue weighted by molar-refractivity contribution is -0.148. The zero-order chi connectivity index (χ0) is 43.0. The predicted octanol–water partition coefficient (Wildman–Crippen LogP) is 2.51. The van der Waals surface area contributed by atoms with E-state index in [1.807, 2.05) is 90.9 Å². The first kappa shape index (κ1) is 49.7. The summed E-state index contributed by atoms with van der Waals surface area (Å²) in [5.74, 6) is -1.96. The molecule has 0 spiro atoms. The molecule has 57 heavy (non-hydrogen) atoms. The van der Waals surface area contributed by atoms with Gasteiger partial charge in [0.15, 0.2) is 0 Å². The number of methoxy groups -OCH3 is 2. The number of likely N-dealkylation sites (tertiary alicyclic amines) is 1. The Balaban J connectivity index is 2.33. The van der Waals surface area contributed by atoms with Gasteiger partial charge in [-0.15, -0.1) is 0 Å². The highest BCUT2D eigenvalue weighted by atomic mass is 16.5. The summed E-state index contributed by atoms with van der Waals surface area (Å²) in [6.45, 7) is 14.3. The van der Waals surface area contributed by atoms with Crippen molar-refractivity contribution in [3.63, 3.8) is 0 Å². The molecule has 2 unspecified atom stereocenters. The van der Waals surface area contributed by atoms with Gasteiger partial charge >= 0.3 is 0 Å². The van der Waals surface area contributed by atoms with Crippen LogP contribution in [0.3, 0.4) is 0 Å². The zero-order valence-electron chi connectivity index (χ0n) is 36.7. The van der Waals surface area contributed by atoms with Crippen LogP contribution in [-0.2, 0) is 39.9 Å². The number of likely N-dealkylation sites (N-methyl/N-ethyl adjacent to an activating group) is 2. The van der Waals surface area contributed by atoms with E-state index in [9.17, 15) is 29.1 Å². The Morgan fingerprint density at radius 3 is 2.14 bits per heavy atom. The van der Waals surface area contributed by atoms with Crippen LogP contribution in [0.2, 0.25) is 0 Å². The van der Waals surface area contributed by atoms with Crippen molar-refractivity contribution in [2.24, 2.45) is 23.7 Å². The summed E-state index contributed by atoms with van der Waals surface area (Å²) in [7, 11) is 8.50. The molecular formula is C43H74N6O8. The van der Waals surface area contributed by atoms with E-state index in [4.69, 9.17) is 9.47 Å². The highest BCUT2D eigenvalue weighted by Crippen LogP contribution is 2.30. The number of aldehydes is 1. The van der Waals surface area contributed by atoms with Gasteiger partial charge in [0.2, 0.25) is 23.6 Å². The average Bonchev–Trinajstić information content (AvgIpc) is 3.66. The van der Waals surface area contributed by atoms with E-state index in [1.54, 1.807) is 30.9 Å². The number of nitrogens with zero attached hydrogens (tertiary/aromatic N) is 3. The molecule has 1 aliphatic rings. The van der Waals surface area contributed by atoms with Crippen molar-refractivity contribution in [3.8, 4) is 0 Å².